The summed E-state index contributed by atoms with van der Waals surface area (Å²) in [5.74, 6) is 0.786. The second-order valence-corrected chi connectivity index (χ2v) is 8.05. The lowest BCUT2D eigenvalue weighted by atomic mass is 9.85. The zero-order valence-electron chi connectivity index (χ0n) is 15.1. The largest absolute Gasteiger partial charge is 0.348 e. The van der Waals surface area contributed by atoms with Gasteiger partial charge >= 0.3 is 0 Å². The molecule has 0 aliphatic heterocycles. The van der Waals surface area contributed by atoms with Gasteiger partial charge in [0.1, 0.15) is 0 Å². The van der Waals surface area contributed by atoms with E-state index in [2.05, 4.69) is 45.5 Å². The molecule has 0 unspecified atom stereocenters. The van der Waals surface area contributed by atoms with Crippen LogP contribution in [0.1, 0.15) is 48.8 Å². The third kappa shape index (κ3) is 6.14. The van der Waals surface area contributed by atoms with Crippen LogP contribution in [0.25, 0.3) is 6.08 Å². The molecule has 1 amide bonds. The maximum Gasteiger partial charge on any atom is 0.244 e. The van der Waals surface area contributed by atoms with Gasteiger partial charge in [-0.05, 0) is 47.2 Å². The summed E-state index contributed by atoms with van der Waals surface area (Å²) in [6.07, 6.45) is 11.6. The van der Waals surface area contributed by atoms with Crippen LogP contribution in [0.5, 0.6) is 0 Å². The molecule has 0 radical (unpaired) electrons. The zero-order chi connectivity index (χ0) is 18.2. The van der Waals surface area contributed by atoms with E-state index in [9.17, 15) is 4.79 Å². The highest BCUT2D eigenvalue weighted by Crippen LogP contribution is 2.26. The van der Waals surface area contributed by atoms with Gasteiger partial charge < -0.3 is 5.32 Å². The fourth-order valence-electron chi connectivity index (χ4n) is 3.55. The maximum atomic E-state index is 12.0. The normalized spacial score (nSPS) is 15.3. The molecule has 0 spiro atoms. The van der Waals surface area contributed by atoms with Crippen LogP contribution in [0.2, 0.25) is 0 Å². The Balaban J connectivity index is 1.45. The Morgan fingerprint density at radius 2 is 1.77 bits per heavy atom. The molecular formula is C23H26BrNO. The number of benzene rings is 2. The molecule has 1 N–H and O–H groups in total. The molecule has 2 aromatic rings. The highest BCUT2D eigenvalue weighted by Gasteiger charge is 2.13. The molecule has 1 aliphatic carbocycles. The van der Waals surface area contributed by atoms with Crippen LogP contribution < -0.4 is 5.32 Å². The third-order valence-electron chi connectivity index (χ3n) is 5.01. The van der Waals surface area contributed by atoms with Crippen molar-refractivity contribution in [2.45, 2.75) is 45.1 Å². The van der Waals surface area contributed by atoms with E-state index in [1.54, 1.807) is 6.08 Å². The lowest BCUT2D eigenvalue weighted by molar-refractivity contribution is -0.116. The summed E-state index contributed by atoms with van der Waals surface area (Å²) in [5.41, 5.74) is 3.56. The Bertz CT molecular complexity index is 745. The van der Waals surface area contributed by atoms with Crippen molar-refractivity contribution in [1.82, 2.24) is 5.32 Å². The number of rotatable bonds is 6. The van der Waals surface area contributed by atoms with E-state index >= 15 is 0 Å². The molecule has 2 aromatic carbocycles. The molecule has 0 atom stereocenters. The molecule has 3 rings (SSSR count). The summed E-state index contributed by atoms with van der Waals surface area (Å²) in [7, 11) is 0. The van der Waals surface area contributed by atoms with Crippen molar-refractivity contribution in [3.8, 4) is 0 Å². The molecule has 136 valence electrons. The topological polar surface area (TPSA) is 29.1 Å². The van der Waals surface area contributed by atoms with Gasteiger partial charge in [0.25, 0.3) is 0 Å². The van der Waals surface area contributed by atoms with Crippen molar-refractivity contribution in [3.63, 3.8) is 0 Å². The molecular weight excluding hydrogens is 386 g/mol. The first-order chi connectivity index (χ1) is 12.7. The van der Waals surface area contributed by atoms with Gasteiger partial charge in [-0.15, -0.1) is 0 Å². The van der Waals surface area contributed by atoms with Gasteiger partial charge in [0.05, 0.1) is 0 Å². The third-order valence-corrected chi connectivity index (χ3v) is 5.51. The Hall–Kier alpha value is -1.87. The molecule has 0 aromatic heterocycles. The fraction of sp³-hybridized carbons (Fsp3) is 0.348. The van der Waals surface area contributed by atoms with E-state index in [0.29, 0.717) is 6.54 Å². The molecule has 1 aliphatic rings. The molecule has 1 saturated carbocycles. The highest BCUT2D eigenvalue weighted by atomic mass is 79.9. The molecule has 0 bridgehead atoms. The van der Waals surface area contributed by atoms with Crippen molar-refractivity contribution in [3.05, 3.63) is 75.8 Å². The quantitative estimate of drug-likeness (QED) is 0.588. The number of amides is 1. The molecule has 26 heavy (non-hydrogen) atoms. The minimum Gasteiger partial charge on any atom is -0.348 e. The SMILES string of the molecule is O=C(/C=C/c1cccc(Br)c1)NCc1ccc(CC2CCCCC2)cc1. The van der Waals surface area contributed by atoms with Gasteiger partial charge in [-0.2, -0.15) is 0 Å². The molecule has 0 saturated heterocycles. The summed E-state index contributed by atoms with van der Waals surface area (Å²) in [6, 6.07) is 16.6. The van der Waals surface area contributed by atoms with Crippen LogP contribution in [0.15, 0.2) is 59.1 Å². The van der Waals surface area contributed by atoms with Crippen LogP contribution >= 0.6 is 15.9 Å². The van der Waals surface area contributed by atoms with E-state index in [4.69, 9.17) is 0 Å². The number of hydrogen-bond donors (Lipinski definition) is 1. The number of halogens is 1. The van der Waals surface area contributed by atoms with Crippen molar-refractivity contribution in [2.24, 2.45) is 5.92 Å². The van der Waals surface area contributed by atoms with Gasteiger partial charge in [-0.3, -0.25) is 4.79 Å². The first kappa shape index (κ1) is 18.9. The van der Waals surface area contributed by atoms with Crippen LogP contribution in [0.3, 0.4) is 0 Å². The van der Waals surface area contributed by atoms with Crippen LogP contribution in [-0.2, 0) is 17.8 Å². The minimum atomic E-state index is -0.0729. The summed E-state index contributed by atoms with van der Waals surface area (Å²) < 4.78 is 1.01. The van der Waals surface area contributed by atoms with Crippen molar-refractivity contribution in [2.75, 3.05) is 0 Å². The monoisotopic (exact) mass is 411 g/mol. The van der Waals surface area contributed by atoms with E-state index in [-0.39, 0.29) is 5.91 Å². The molecule has 1 fully saturated rings. The fourth-order valence-corrected chi connectivity index (χ4v) is 3.97. The van der Waals surface area contributed by atoms with E-state index in [1.807, 2.05) is 30.3 Å². The van der Waals surface area contributed by atoms with Gasteiger partial charge in [0.15, 0.2) is 0 Å². The molecule has 2 nitrogen and oxygen atoms in total. The summed E-state index contributed by atoms with van der Waals surface area (Å²) >= 11 is 3.43. The number of carbonyl (C=O) groups is 1. The summed E-state index contributed by atoms with van der Waals surface area (Å²) in [4.78, 5) is 12.0. The number of hydrogen-bond acceptors (Lipinski definition) is 1. The Morgan fingerprint density at radius 1 is 1.04 bits per heavy atom. The summed E-state index contributed by atoms with van der Waals surface area (Å²) in [6.45, 7) is 0.561. The zero-order valence-corrected chi connectivity index (χ0v) is 16.7. The number of carbonyl (C=O) groups excluding carboxylic acids is 1. The Labute approximate surface area is 164 Å². The van der Waals surface area contributed by atoms with Crippen molar-refractivity contribution < 1.29 is 4.79 Å². The smallest absolute Gasteiger partial charge is 0.244 e. The minimum absolute atomic E-state index is 0.0729. The van der Waals surface area contributed by atoms with E-state index < -0.39 is 0 Å². The van der Waals surface area contributed by atoms with Crippen molar-refractivity contribution in [1.29, 1.82) is 0 Å². The van der Waals surface area contributed by atoms with Gasteiger partial charge in [-0.25, -0.2) is 0 Å². The molecule has 3 heteroatoms. The van der Waals surface area contributed by atoms with Gasteiger partial charge in [0, 0.05) is 17.1 Å². The second-order valence-electron chi connectivity index (χ2n) is 7.13. The van der Waals surface area contributed by atoms with Crippen molar-refractivity contribution >= 4 is 27.9 Å². The second kappa shape index (κ2) is 9.72. The first-order valence-corrected chi connectivity index (χ1v) is 10.3. The predicted octanol–water partition coefficient (Wildman–Crippen LogP) is 5.90. The van der Waals surface area contributed by atoms with E-state index in [0.717, 1.165) is 21.5 Å². The highest BCUT2D eigenvalue weighted by molar-refractivity contribution is 9.10. The predicted molar refractivity (Wildman–Crippen MR) is 112 cm³/mol. The van der Waals surface area contributed by atoms with Crippen LogP contribution in [0.4, 0.5) is 0 Å². The van der Waals surface area contributed by atoms with Gasteiger partial charge in [0.2, 0.25) is 5.91 Å². The Kier molecular flexibility index (Phi) is 7.07. The first-order valence-electron chi connectivity index (χ1n) is 9.48. The summed E-state index contributed by atoms with van der Waals surface area (Å²) in [5, 5.41) is 2.95. The van der Waals surface area contributed by atoms with Crippen LogP contribution in [-0.4, -0.2) is 5.91 Å². The average Bonchev–Trinajstić information content (AvgIpc) is 2.67. The van der Waals surface area contributed by atoms with Gasteiger partial charge in [-0.1, -0.05) is 84.4 Å². The Morgan fingerprint density at radius 3 is 2.50 bits per heavy atom. The standard InChI is InChI=1S/C23H26BrNO/c24-22-8-4-7-19(16-22)13-14-23(26)25-17-21-11-9-20(10-12-21)15-18-5-2-1-3-6-18/h4,7-14,16,18H,1-3,5-6,15,17H2,(H,25,26)/b14-13+. The van der Waals surface area contributed by atoms with E-state index in [1.165, 1.54) is 44.1 Å². The lowest BCUT2D eigenvalue weighted by Crippen LogP contribution is -2.20. The number of nitrogens with one attached hydrogen (secondary N) is 1. The lowest BCUT2D eigenvalue weighted by Gasteiger charge is -2.21. The average molecular weight is 412 g/mol. The molecule has 0 heterocycles. The van der Waals surface area contributed by atoms with Crippen LogP contribution in [0, 0.1) is 5.92 Å². The maximum absolute atomic E-state index is 12.0.